The molecule has 0 aliphatic carbocycles. The quantitative estimate of drug-likeness (QED) is 0.427. The summed E-state index contributed by atoms with van der Waals surface area (Å²) >= 11 is 1.35. The Kier molecular flexibility index (Phi) is 5.23. The Hall–Kier alpha value is -2.94. The first-order chi connectivity index (χ1) is 14.2. The summed E-state index contributed by atoms with van der Waals surface area (Å²) in [4.78, 5) is 22.9. The molecule has 0 N–H and O–H groups in total. The van der Waals surface area contributed by atoms with Crippen molar-refractivity contribution in [3.05, 3.63) is 54.4 Å². The minimum absolute atomic E-state index is 0.114. The van der Waals surface area contributed by atoms with Gasteiger partial charge in [-0.3, -0.25) is 9.69 Å². The summed E-state index contributed by atoms with van der Waals surface area (Å²) in [5.41, 5.74) is 1.23. The summed E-state index contributed by atoms with van der Waals surface area (Å²) in [7, 11) is 0. The monoisotopic (exact) mass is 432 g/mol. The molecule has 0 aliphatic heterocycles. The number of hydrogen-bond donors (Lipinski definition) is 0. The van der Waals surface area contributed by atoms with E-state index in [1.165, 1.54) is 28.4 Å². The molecule has 0 saturated heterocycles. The third kappa shape index (κ3) is 3.89. The summed E-state index contributed by atoms with van der Waals surface area (Å²) in [5, 5.41) is 0.480. The van der Waals surface area contributed by atoms with E-state index >= 15 is 0 Å². The molecule has 0 aliphatic rings. The molecule has 5 nitrogen and oxygen atoms in total. The lowest BCUT2D eigenvalue weighted by atomic mass is 10.2. The zero-order valence-corrected chi connectivity index (χ0v) is 17.2. The molecule has 2 heterocycles. The maximum atomic E-state index is 13.6. The number of carbonyl (C=O) groups excluding carboxylic acids is 1. The molecule has 1 amide bonds. The van der Waals surface area contributed by atoms with Crippen LogP contribution in [0.1, 0.15) is 19.7 Å². The third-order valence-electron chi connectivity index (χ3n) is 4.56. The van der Waals surface area contributed by atoms with E-state index in [2.05, 4.69) is 9.97 Å². The lowest BCUT2D eigenvalue weighted by Gasteiger charge is -2.23. The number of fused-ring (bicyclic) bond motifs is 2. The Morgan fingerprint density at radius 3 is 2.40 bits per heavy atom. The highest BCUT2D eigenvalue weighted by Crippen LogP contribution is 2.33. The number of halogens is 3. The Morgan fingerprint density at radius 2 is 1.73 bits per heavy atom. The fourth-order valence-electron chi connectivity index (χ4n) is 3.30. The fraction of sp³-hybridized carbons (Fsp3) is 0.286. The minimum atomic E-state index is -4.67. The largest absolute Gasteiger partial charge is 0.449 e. The van der Waals surface area contributed by atoms with Crippen LogP contribution in [-0.2, 0) is 17.5 Å². The van der Waals surface area contributed by atoms with E-state index in [1.54, 1.807) is 12.1 Å². The number of nitrogens with zero attached hydrogens (tertiary/aromatic N) is 4. The highest BCUT2D eigenvalue weighted by atomic mass is 32.1. The molecule has 0 saturated carbocycles. The molecule has 2 aromatic heterocycles. The topological polar surface area (TPSA) is 51.0 Å². The van der Waals surface area contributed by atoms with E-state index in [9.17, 15) is 18.0 Å². The number of hydrogen-bond acceptors (Lipinski definition) is 4. The van der Waals surface area contributed by atoms with Crippen molar-refractivity contribution in [1.82, 2.24) is 14.5 Å². The Balaban J connectivity index is 1.74. The van der Waals surface area contributed by atoms with Crippen molar-refractivity contribution in [2.75, 3.05) is 11.4 Å². The molecule has 9 heteroatoms. The average molecular weight is 432 g/mol. The lowest BCUT2D eigenvalue weighted by molar-refractivity contribution is -0.147. The van der Waals surface area contributed by atoms with Gasteiger partial charge in [0.15, 0.2) is 5.13 Å². The van der Waals surface area contributed by atoms with Crippen LogP contribution in [0.2, 0.25) is 0 Å². The number of anilines is 1. The standard InChI is InChI=1S/C21H19F3N4OS/c1-13(2)11-28(20-26-15-8-4-6-10-17(15)30-20)18(29)12-27-16-9-5-3-7-14(16)25-19(27)21(22,23)24/h3-10,13H,11-12H2,1-2H3. The van der Waals surface area contributed by atoms with Gasteiger partial charge in [-0.05, 0) is 30.2 Å². The van der Waals surface area contributed by atoms with E-state index in [0.717, 1.165) is 14.8 Å². The Morgan fingerprint density at radius 1 is 1.07 bits per heavy atom. The SMILES string of the molecule is CC(C)CN(C(=O)Cn1c(C(F)(F)F)nc2ccccc21)c1nc2ccccc2s1. The van der Waals surface area contributed by atoms with Crippen molar-refractivity contribution in [2.24, 2.45) is 5.92 Å². The highest BCUT2D eigenvalue weighted by Gasteiger charge is 2.38. The summed E-state index contributed by atoms with van der Waals surface area (Å²) in [6, 6.07) is 13.8. The van der Waals surface area contributed by atoms with Crippen LogP contribution in [0.5, 0.6) is 0 Å². The van der Waals surface area contributed by atoms with Crippen LogP contribution in [-0.4, -0.2) is 27.0 Å². The number of imidazole rings is 1. The van der Waals surface area contributed by atoms with E-state index < -0.39 is 24.5 Å². The van der Waals surface area contributed by atoms with E-state index in [1.807, 2.05) is 38.1 Å². The van der Waals surface area contributed by atoms with Gasteiger partial charge < -0.3 is 4.57 Å². The first-order valence-electron chi connectivity index (χ1n) is 9.42. The predicted molar refractivity (Wildman–Crippen MR) is 112 cm³/mol. The molecule has 0 atom stereocenters. The molecular formula is C21H19F3N4OS. The average Bonchev–Trinajstić information content (AvgIpc) is 3.27. The van der Waals surface area contributed by atoms with Crippen LogP contribution in [0.25, 0.3) is 21.3 Å². The maximum absolute atomic E-state index is 13.6. The second kappa shape index (κ2) is 7.71. The van der Waals surface area contributed by atoms with Crippen LogP contribution in [0, 0.1) is 5.92 Å². The summed E-state index contributed by atoms with van der Waals surface area (Å²) in [5.74, 6) is -1.43. The number of benzene rings is 2. The van der Waals surface area contributed by atoms with Crippen LogP contribution in [0.15, 0.2) is 48.5 Å². The fourth-order valence-corrected chi connectivity index (χ4v) is 4.29. The number of rotatable bonds is 5. The molecule has 30 heavy (non-hydrogen) atoms. The molecule has 4 aromatic rings. The first-order valence-corrected chi connectivity index (χ1v) is 10.2. The van der Waals surface area contributed by atoms with Crippen LogP contribution < -0.4 is 4.90 Å². The molecule has 0 spiro atoms. The number of amides is 1. The van der Waals surface area contributed by atoms with Gasteiger partial charge >= 0.3 is 6.18 Å². The van der Waals surface area contributed by atoms with Crippen LogP contribution >= 0.6 is 11.3 Å². The second-order valence-electron chi connectivity index (χ2n) is 7.37. The molecule has 156 valence electrons. The molecule has 2 aromatic carbocycles. The zero-order chi connectivity index (χ0) is 21.5. The second-order valence-corrected chi connectivity index (χ2v) is 8.38. The number of para-hydroxylation sites is 3. The Bertz CT molecular complexity index is 1180. The van der Waals surface area contributed by atoms with Gasteiger partial charge in [-0.2, -0.15) is 13.2 Å². The van der Waals surface area contributed by atoms with E-state index in [4.69, 9.17) is 0 Å². The van der Waals surface area contributed by atoms with E-state index in [0.29, 0.717) is 11.7 Å². The molecular weight excluding hydrogens is 413 g/mol. The van der Waals surface area contributed by atoms with Crippen LogP contribution in [0.4, 0.5) is 18.3 Å². The molecule has 0 unspecified atom stereocenters. The molecule has 0 radical (unpaired) electrons. The number of carbonyl (C=O) groups is 1. The van der Waals surface area contributed by atoms with Crippen molar-refractivity contribution in [3.63, 3.8) is 0 Å². The molecule has 4 rings (SSSR count). The smallest absolute Gasteiger partial charge is 0.311 e. The third-order valence-corrected chi connectivity index (χ3v) is 5.62. The van der Waals surface area contributed by atoms with Gasteiger partial charge in [0.05, 0.1) is 21.3 Å². The number of thiazole rings is 1. The number of aromatic nitrogens is 3. The lowest BCUT2D eigenvalue weighted by Crippen LogP contribution is -2.37. The van der Waals surface area contributed by atoms with Crippen molar-refractivity contribution in [3.8, 4) is 0 Å². The van der Waals surface area contributed by atoms with Gasteiger partial charge in [-0.25, -0.2) is 9.97 Å². The summed E-state index contributed by atoms with van der Waals surface area (Å²) < 4.78 is 42.6. The highest BCUT2D eigenvalue weighted by molar-refractivity contribution is 7.22. The summed E-state index contributed by atoms with van der Waals surface area (Å²) in [6.07, 6.45) is -4.67. The maximum Gasteiger partial charge on any atom is 0.449 e. The predicted octanol–water partition coefficient (Wildman–Crippen LogP) is 5.35. The normalized spacial score (nSPS) is 12.2. The van der Waals surface area contributed by atoms with Crippen molar-refractivity contribution >= 4 is 43.6 Å². The van der Waals surface area contributed by atoms with Crippen molar-refractivity contribution in [2.45, 2.75) is 26.6 Å². The van der Waals surface area contributed by atoms with Gasteiger partial charge in [-0.15, -0.1) is 0 Å². The van der Waals surface area contributed by atoms with Gasteiger partial charge in [0, 0.05) is 6.54 Å². The van der Waals surface area contributed by atoms with Gasteiger partial charge in [0.1, 0.15) is 6.54 Å². The number of alkyl halides is 3. The molecule has 0 bridgehead atoms. The Labute approximate surface area is 174 Å². The van der Waals surface area contributed by atoms with Gasteiger partial charge in [0.2, 0.25) is 11.7 Å². The molecule has 0 fully saturated rings. The van der Waals surface area contributed by atoms with Crippen molar-refractivity contribution in [1.29, 1.82) is 0 Å². The minimum Gasteiger partial charge on any atom is -0.311 e. The van der Waals surface area contributed by atoms with Gasteiger partial charge in [0.25, 0.3) is 0 Å². The summed E-state index contributed by atoms with van der Waals surface area (Å²) in [6.45, 7) is 3.77. The zero-order valence-electron chi connectivity index (χ0n) is 16.3. The van der Waals surface area contributed by atoms with E-state index in [-0.39, 0.29) is 17.0 Å². The van der Waals surface area contributed by atoms with Gasteiger partial charge in [-0.1, -0.05) is 49.4 Å². The first kappa shape index (κ1) is 20.3. The van der Waals surface area contributed by atoms with Crippen molar-refractivity contribution < 1.29 is 18.0 Å². The van der Waals surface area contributed by atoms with Crippen LogP contribution in [0.3, 0.4) is 0 Å².